The summed E-state index contributed by atoms with van der Waals surface area (Å²) in [5.41, 5.74) is 1.04. The second-order valence-corrected chi connectivity index (χ2v) is 9.38. The van der Waals surface area contributed by atoms with E-state index < -0.39 is 31.6 Å². The van der Waals surface area contributed by atoms with Gasteiger partial charge in [-0.15, -0.1) is 0 Å². The van der Waals surface area contributed by atoms with Crippen LogP contribution in [0.2, 0.25) is 0 Å². The lowest BCUT2D eigenvalue weighted by Crippen LogP contribution is -2.30. The fourth-order valence-electron chi connectivity index (χ4n) is 2.19. The Labute approximate surface area is 153 Å². The van der Waals surface area contributed by atoms with Crippen molar-refractivity contribution in [3.63, 3.8) is 0 Å². The van der Waals surface area contributed by atoms with Gasteiger partial charge in [-0.2, -0.15) is 0 Å². The van der Waals surface area contributed by atoms with Gasteiger partial charge in [0.05, 0.1) is 10.6 Å². The summed E-state index contributed by atoms with van der Waals surface area (Å²) < 4.78 is 66.3. The Kier molecular flexibility index (Phi) is 6.87. The zero-order valence-corrected chi connectivity index (χ0v) is 15.9. The van der Waals surface area contributed by atoms with Crippen LogP contribution >= 0.6 is 0 Å². The molecule has 142 valence electrons. The van der Waals surface area contributed by atoms with E-state index in [0.29, 0.717) is 0 Å². The summed E-state index contributed by atoms with van der Waals surface area (Å²) in [7, 11) is -7.32. The Morgan fingerprint density at radius 1 is 0.885 bits per heavy atom. The van der Waals surface area contributed by atoms with Crippen molar-refractivity contribution >= 4 is 20.0 Å². The lowest BCUT2D eigenvalue weighted by Gasteiger charge is -2.09. The smallest absolute Gasteiger partial charge is 0.215 e. The molecule has 0 aliphatic heterocycles. The van der Waals surface area contributed by atoms with Crippen molar-refractivity contribution in [3.05, 3.63) is 65.5 Å². The lowest BCUT2D eigenvalue weighted by atomic mass is 10.2. The maximum absolute atomic E-state index is 13.5. The number of rotatable bonds is 9. The van der Waals surface area contributed by atoms with Crippen molar-refractivity contribution in [3.8, 4) is 0 Å². The highest BCUT2D eigenvalue weighted by atomic mass is 32.2. The molecule has 2 aromatic carbocycles. The Hall–Kier alpha value is -1.81. The van der Waals surface area contributed by atoms with Gasteiger partial charge in [-0.25, -0.2) is 30.7 Å². The van der Waals surface area contributed by atoms with Gasteiger partial charge in [0.2, 0.25) is 20.0 Å². The number of hydrogen-bond acceptors (Lipinski definition) is 4. The second kappa shape index (κ2) is 8.72. The Morgan fingerprint density at radius 3 is 2.15 bits per heavy atom. The van der Waals surface area contributed by atoms with Crippen molar-refractivity contribution < 1.29 is 21.2 Å². The third-order valence-corrected chi connectivity index (χ3v) is 6.41. The number of aryl methyl sites for hydroxylation is 1. The first-order chi connectivity index (χ1) is 12.2. The first-order valence-electron chi connectivity index (χ1n) is 7.97. The summed E-state index contributed by atoms with van der Waals surface area (Å²) in [5, 5.41) is 0. The number of benzene rings is 2. The van der Waals surface area contributed by atoms with Crippen molar-refractivity contribution in [2.45, 2.75) is 24.0 Å². The van der Waals surface area contributed by atoms with Gasteiger partial charge in [0.1, 0.15) is 5.82 Å². The van der Waals surface area contributed by atoms with E-state index in [1.54, 1.807) is 18.2 Å². The largest absolute Gasteiger partial charge is 0.240 e. The van der Waals surface area contributed by atoms with Gasteiger partial charge in [0.15, 0.2) is 0 Å². The molecule has 2 N–H and O–H groups in total. The van der Waals surface area contributed by atoms with Crippen LogP contribution in [0.3, 0.4) is 0 Å². The highest BCUT2D eigenvalue weighted by molar-refractivity contribution is 7.89. The van der Waals surface area contributed by atoms with E-state index >= 15 is 0 Å². The minimum absolute atomic E-state index is 0.0488. The molecule has 6 nitrogen and oxygen atoms in total. The quantitative estimate of drug-likeness (QED) is 0.629. The van der Waals surface area contributed by atoms with Gasteiger partial charge < -0.3 is 0 Å². The molecule has 0 saturated carbocycles. The molecule has 0 bridgehead atoms. The van der Waals surface area contributed by atoms with E-state index in [2.05, 4.69) is 9.44 Å². The molecule has 0 saturated heterocycles. The molecule has 0 radical (unpaired) electrons. The molecule has 0 aliphatic rings. The molecule has 0 fully saturated rings. The van der Waals surface area contributed by atoms with Crippen LogP contribution in [0.15, 0.2) is 53.4 Å². The fraction of sp³-hybridized carbons (Fsp3) is 0.294. The fourth-order valence-corrected chi connectivity index (χ4v) is 4.47. The number of nitrogens with one attached hydrogen (secondary N) is 2. The summed E-state index contributed by atoms with van der Waals surface area (Å²) in [5.74, 6) is -1.04. The highest BCUT2D eigenvalue weighted by Crippen LogP contribution is 2.11. The zero-order chi connectivity index (χ0) is 19.2. The van der Waals surface area contributed by atoms with Crippen LogP contribution in [0.25, 0.3) is 0 Å². The topological polar surface area (TPSA) is 92.3 Å². The van der Waals surface area contributed by atoms with Gasteiger partial charge in [0, 0.05) is 18.7 Å². The molecular formula is C17H21FN2O4S2. The summed E-state index contributed by atoms with van der Waals surface area (Å²) in [4.78, 5) is 0.156. The number of halogens is 1. The monoisotopic (exact) mass is 400 g/mol. The molecule has 0 atom stereocenters. The van der Waals surface area contributed by atoms with Crippen LogP contribution in [0.1, 0.15) is 17.5 Å². The average Bonchev–Trinajstić information content (AvgIpc) is 2.57. The first kappa shape index (κ1) is 20.5. The Balaban J connectivity index is 1.79. The van der Waals surface area contributed by atoms with E-state index in [0.717, 1.165) is 5.56 Å². The molecule has 2 rings (SSSR count). The standard InChI is InChI=1S/C17H21FN2O4S2/c1-14-7-9-16(10-8-14)26(23,24)20-12-4-11-19-25(21,22)13-15-5-2-3-6-17(15)18/h2-3,5-10,19-20H,4,11-13H2,1H3. The molecule has 0 heterocycles. The summed E-state index contributed by atoms with van der Waals surface area (Å²) in [6.45, 7) is 1.99. The first-order valence-corrected chi connectivity index (χ1v) is 11.1. The van der Waals surface area contributed by atoms with E-state index in [1.807, 2.05) is 6.92 Å². The van der Waals surface area contributed by atoms with E-state index in [-0.39, 0.29) is 30.0 Å². The molecule has 9 heteroatoms. The van der Waals surface area contributed by atoms with E-state index in [1.165, 1.54) is 30.3 Å². The number of sulfonamides is 2. The van der Waals surface area contributed by atoms with Crippen LogP contribution < -0.4 is 9.44 Å². The zero-order valence-electron chi connectivity index (χ0n) is 14.3. The Bertz CT molecular complexity index is 943. The van der Waals surface area contributed by atoms with Crippen LogP contribution in [0.4, 0.5) is 4.39 Å². The Morgan fingerprint density at radius 2 is 1.50 bits per heavy atom. The maximum Gasteiger partial charge on any atom is 0.240 e. The van der Waals surface area contributed by atoms with Crippen LogP contribution in [-0.2, 0) is 25.8 Å². The molecule has 26 heavy (non-hydrogen) atoms. The maximum atomic E-state index is 13.5. The van der Waals surface area contributed by atoms with Crippen molar-refractivity contribution in [1.82, 2.24) is 9.44 Å². The molecule has 0 aliphatic carbocycles. The van der Waals surface area contributed by atoms with Gasteiger partial charge in [-0.05, 0) is 31.5 Å². The average molecular weight is 400 g/mol. The normalized spacial score (nSPS) is 12.2. The predicted octanol–water partition coefficient (Wildman–Crippen LogP) is 1.92. The van der Waals surface area contributed by atoms with Crippen LogP contribution in [0.5, 0.6) is 0 Å². The molecular weight excluding hydrogens is 379 g/mol. The third kappa shape index (κ3) is 6.17. The van der Waals surface area contributed by atoms with Gasteiger partial charge in [0.25, 0.3) is 0 Å². The third-order valence-electron chi connectivity index (χ3n) is 3.60. The lowest BCUT2D eigenvalue weighted by molar-refractivity contribution is 0.568. The van der Waals surface area contributed by atoms with Crippen molar-refractivity contribution in [2.75, 3.05) is 13.1 Å². The highest BCUT2D eigenvalue weighted by Gasteiger charge is 2.15. The predicted molar refractivity (Wildman–Crippen MR) is 98.0 cm³/mol. The molecule has 0 unspecified atom stereocenters. The summed E-state index contributed by atoms with van der Waals surface area (Å²) >= 11 is 0. The van der Waals surface area contributed by atoms with Crippen LogP contribution in [-0.4, -0.2) is 29.9 Å². The minimum atomic E-state index is -3.70. The molecule has 0 aromatic heterocycles. The van der Waals surface area contributed by atoms with Gasteiger partial charge >= 0.3 is 0 Å². The summed E-state index contributed by atoms with van der Waals surface area (Å²) in [6.07, 6.45) is 0.265. The molecule has 0 spiro atoms. The van der Waals surface area contributed by atoms with E-state index in [4.69, 9.17) is 0 Å². The van der Waals surface area contributed by atoms with Gasteiger partial charge in [-0.3, -0.25) is 0 Å². The molecule has 2 aromatic rings. The van der Waals surface area contributed by atoms with Crippen molar-refractivity contribution in [2.24, 2.45) is 0 Å². The second-order valence-electron chi connectivity index (χ2n) is 5.81. The van der Waals surface area contributed by atoms with Crippen molar-refractivity contribution in [1.29, 1.82) is 0 Å². The summed E-state index contributed by atoms with van der Waals surface area (Å²) in [6, 6.07) is 12.1. The SMILES string of the molecule is Cc1ccc(S(=O)(=O)NCCCNS(=O)(=O)Cc2ccccc2F)cc1. The molecule has 0 amide bonds. The minimum Gasteiger partial charge on any atom is -0.215 e. The van der Waals surface area contributed by atoms with Crippen LogP contribution in [0, 0.1) is 12.7 Å². The van der Waals surface area contributed by atoms with Gasteiger partial charge in [-0.1, -0.05) is 35.9 Å². The number of hydrogen-bond donors (Lipinski definition) is 2. The van der Waals surface area contributed by atoms with E-state index in [9.17, 15) is 21.2 Å².